The van der Waals surface area contributed by atoms with Crippen LogP contribution >= 0.6 is 0 Å². The summed E-state index contributed by atoms with van der Waals surface area (Å²) in [7, 11) is 3.07. The summed E-state index contributed by atoms with van der Waals surface area (Å²) in [5.41, 5.74) is 6.21. The summed E-state index contributed by atoms with van der Waals surface area (Å²) >= 11 is 0. The standard InChI is InChI=1S/C13H16N4O2/c1-15-12(18)9-17(2)13(19)11-5-7-16-8-10(11)4-3-6-14/h5,7-8H,6,9,14H2,1-2H3,(H,15,18). The third-order valence-electron chi connectivity index (χ3n) is 2.38. The highest BCUT2D eigenvalue weighted by Gasteiger charge is 2.16. The first-order chi connectivity index (χ1) is 9.10. The number of pyridine rings is 1. The van der Waals surface area contributed by atoms with Gasteiger partial charge < -0.3 is 16.0 Å². The van der Waals surface area contributed by atoms with Crippen molar-refractivity contribution < 1.29 is 9.59 Å². The van der Waals surface area contributed by atoms with Gasteiger partial charge in [-0.15, -0.1) is 0 Å². The molecule has 0 saturated heterocycles. The lowest BCUT2D eigenvalue weighted by Gasteiger charge is -2.16. The molecule has 1 rings (SSSR count). The van der Waals surface area contributed by atoms with E-state index in [0.717, 1.165) is 0 Å². The summed E-state index contributed by atoms with van der Waals surface area (Å²) in [5, 5.41) is 2.46. The number of hydrogen-bond acceptors (Lipinski definition) is 4. The van der Waals surface area contributed by atoms with Crippen molar-refractivity contribution in [2.45, 2.75) is 0 Å². The fraction of sp³-hybridized carbons (Fsp3) is 0.308. The number of rotatable bonds is 3. The van der Waals surface area contributed by atoms with Crippen LogP contribution in [-0.4, -0.2) is 48.9 Å². The molecular weight excluding hydrogens is 244 g/mol. The van der Waals surface area contributed by atoms with Gasteiger partial charge in [0.15, 0.2) is 0 Å². The number of nitrogens with two attached hydrogens (primary N) is 1. The second-order valence-corrected chi connectivity index (χ2v) is 3.76. The van der Waals surface area contributed by atoms with Crippen molar-refractivity contribution in [3.05, 3.63) is 29.6 Å². The molecule has 6 heteroatoms. The molecular formula is C13H16N4O2. The van der Waals surface area contributed by atoms with Gasteiger partial charge in [0.25, 0.3) is 5.91 Å². The van der Waals surface area contributed by atoms with Crippen LogP contribution in [0.2, 0.25) is 0 Å². The first-order valence-electron chi connectivity index (χ1n) is 5.69. The van der Waals surface area contributed by atoms with Crippen LogP contribution < -0.4 is 11.1 Å². The van der Waals surface area contributed by atoms with Gasteiger partial charge in [0.1, 0.15) is 0 Å². The van der Waals surface area contributed by atoms with Crippen LogP contribution in [0.1, 0.15) is 15.9 Å². The first kappa shape index (κ1) is 14.7. The fourth-order valence-electron chi connectivity index (χ4n) is 1.40. The maximum atomic E-state index is 12.2. The molecule has 1 aromatic heterocycles. The quantitative estimate of drug-likeness (QED) is 0.697. The molecule has 1 aromatic rings. The summed E-state index contributed by atoms with van der Waals surface area (Å²) in [4.78, 5) is 28.7. The zero-order chi connectivity index (χ0) is 14.3. The Morgan fingerprint density at radius 1 is 1.53 bits per heavy atom. The van der Waals surface area contributed by atoms with Crippen LogP contribution in [0.25, 0.3) is 0 Å². The molecule has 0 radical (unpaired) electrons. The molecule has 2 amide bonds. The number of hydrogen-bond donors (Lipinski definition) is 2. The second-order valence-electron chi connectivity index (χ2n) is 3.76. The summed E-state index contributed by atoms with van der Waals surface area (Å²) in [5.74, 6) is 4.95. The van der Waals surface area contributed by atoms with Crippen LogP contribution in [0.15, 0.2) is 18.5 Å². The number of nitrogens with zero attached hydrogens (tertiary/aromatic N) is 2. The Balaban J connectivity index is 2.96. The minimum atomic E-state index is -0.285. The van der Waals surface area contributed by atoms with E-state index in [4.69, 9.17) is 5.73 Å². The van der Waals surface area contributed by atoms with Crippen molar-refractivity contribution in [3.8, 4) is 11.8 Å². The Kier molecular flexibility index (Phi) is 5.51. The normalized spacial score (nSPS) is 9.21. The Bertz CT molecular complexity index is 531. The van der Waals surface area contributed by atoms with E-state index < -0.39 is 0 Å². The summed E-state index contributed by atoms with van der Waals surface area (Å²) in [6.07, 6.45) is 3.01. The molecule has 0 aliphatic heterocycles. The number of likely N-dealkylation sites (N-methyl/N-ethyl adjacent to an activating group) is 2. The molecule has 0 aromatic carbocycles. The van der Waals surface area contributed by atoms with E-state index in [9.17, 15) is 9.59 Å². The maximum Gasteiger partial charge on any atom is 0.255 e. The highest BCUT2D eigenvalue weighted by atomic mass is 16.2. The molecule has 0 aliphatic carbocycles. The Morgan fingerprint density at radius 3 is 2.89 bits per heavy atom. The van der Waals surface area contributed by atoms with Crippen molar-refractivity contribution in [2.75, 3.05) is 27.2 Å². The third kappa shape index (κ3) is 4.08. The number of carbonyl (C=O) groups excluding carboxylic acids is 2. The molecule has 3 N–H and O–H groups in total. The van der Waals surface area contributed by atoms with Crippen molar-refractivity contribution in [2.24, 2.45) is 5.73 Å². The van der Waals surface area contributed by atoms with E-state index in [1.54, 1.807) is 13.1 Å². The van der Waals surface area contributed by atoms with Crippen molar-refractivity contribution >= 4 is 11.8 Å². The van der Waals surface area contributed by atoms with E-state index in [2.05, 4.69) is 22.1 Å². The first-order valence-corrected chi connectivity index (χ1v) is 5.69. The molecule has 1 heterocycles. The predicted molar refractivity (Wildman–Crippen MR) is 71.2 cm³/mol. The Hall–Kier alpha value is -2.39. The lowest BCUT2D eigenvalue weighted by atomic mass is 10.1. The SMILES string of the molecule is CNC(=O)CN(C)C(=O)c1ccncc1C#CCN. The Labute approximate surface area is 112 Å². The average Bonchev–Trinajstić information content (AvgIpc) is 2.44. The highest BCUT2D eigenvalue weighted by Crippen LogP contribution is 2.08. The zero-order valence-corrected chi connectivity index (χ0v) is 10.9. The second kappa shape index (κ2) is 7.13. The highest BCUT2D eigenvalue weighted by molar-refractivity contribution is 5.98. The predicted octanol–water partition coefficient (Wildman–Crippen LogP) is -0.790. The van der Waals surface area contributed by atoms with Gasteiger partial charge in [-0.05, 0) is 6.07 Å². The minimum Gasteiger partial charge on any atom is -0.358 e. The van der Waals surface area contributed by atoms with Crippen LogP contribution in [0.5, 0.6) is 0 Å². The average molecular weight is 260 g/mol. The molecule has 100 valence electrons. The number of aromatic nitrogens is 1. The lowest BCUT2D eigenvalue weighted by molar-refractivity contribution is -0.121. The van der Waals surface area contributed by atoms with E-state index in [-0.39, 0.29) is 24.9 Å². The summed E-state index contributed by atoms with van der Waals surface area (Å²) < 4.78 is 0. The number of amides is 2. The lowest BCUT2D eigenvalue weighted by Crippen LogP contribution is -2.37. The number of nitrogens with one attached hydrogen (secondary N) is 1. The third-order valence-corrected chi connectivity index (χ3v) is 2.38. The molecule has 0 bridgehead atoms. The van der Waals surface area contributed by atoms with Gasteiger partial charge in [-0.3, -0.25) is 14.6 Å². The minimum absolute atomic E-state index is 0.0125. The van der Waals surface area contributed by atoms with Gasteiger partial charge in [0, 0.05) is 26.5 Å². The van der Waals surface area contributed by atoms with E-state index in [1.807, 2.05) is 0 Å². The van der Waals surface area contributed by atoms with Crippen LogP contribution in [0.4, 0.5) is 0 Å². The monoisotopic (exact) mass is 260 g/mol. The van der Waals surface area contributed by atoms with E-state index >= 15 is 0 Å². The van der Waals surface area contributed by atoms with Crippen LogP contribution in [0.3, 0.4) is 0 Å². The van der Waals surface area contributed by atoms with E-state index in [1.165, 1.54) is 24.3 Å². The van der Waals surface area contributed by atoms with Gasteiger partial charge in [0.05, 0.1) is 24.2 Å². The van der Waals surface area contributed by atoms with Gasteiger partial charge >= 0.3 is 0 Å². The van der Waals surface area contributed by atoms with Gasteiger partial charge in [-0.1, -0.05) is 11.8 Å². The van der Waals surface area contributed by atoms with Crippen LogP contribution in [-0.2, 0) is 4.79 Å². The summed E-state index contributed by atoms with van der Waals surface area (Å²) in [6.45, 7) is 0.192. The van der Waals surface area contributed by atoms with Gasteiger partial charge in [-0.25, -0.2) is 0 Å². The smallest absolute Gasteiger partial charge is 0.255 e. The van der Waals surface area contributed by atoms with Crippen molar-refractivity contribution in [1.29, 1.82) is 0 Å². The Morgan fingerprint density at radius 2 is 2.26 bits per heavy atom. The summed E-state index contributed by atoms with van der Waals surface area (Å²) in [6, 6.07) is 1.57. The molecule has 19 heavy (non-hydrogen) atoms. The topological polar surface area (TPSA) is 88.3 Å². The van der Waals surface area contributed by atoms with Gasteiger partial charge in [-0.2, -0.15) is 0 Å². The number of carbonyl (C=O) groups is 2. The van der Waals surface area contributed by atoms with Crippen molar-refractivity contribution in [3.63, 3.8) is 0 Å². The van der Waals surface area contributed by atoms with Crippen LogP contribution in [0, 0.1) is 11.8 Å². The largest absolute Gasteiger partial charge is 0.358 e. The zero-order valence-electron chi connectivity index (χ0n) is 10.9. The molecule has 0 atom stereocenters. The fourth-order valence-corrected chi connectivity index (χ4v) is 1.40. The van der Waals surface area contributed by atoms with E-state index in [0.29, 0.717) is 11.1 Å². The molecule has 0 aliphatic rings. The molecule has 0 unspecified atom stereocenters. The molecule has 6 nitrogen and oxygen atoms in total. The van der Waals surface area contributed by atoms with Gasteiger partial charge in [0.2, 0.25) is 5.91 Å². The maximum absolute atomic E-state index is 12.2. The molecule has 0 fully saturated rings. The molecule has 0 spiro atoms. The molecule has 0 saturated carbocycles. The van der Waals surface area contributed by atoms with Crippen molar-refractivity contribution in [1.82, 2.24) is 15.2 Å².